The van der Waals surface area contributed by atoms with Gasteiger partial charge in [-0.25, -0.2) is 0 Å². The summed E-state index contributed by atoms with van der Waals surface area (Å²) in [5, 5.41) is 12.1. The maximum absolute atomic E-state index is 12.1. The number of rotatable bonds is 5. The fourth-order valence-electron chi connectivity index (χ4n) is 2.74. The van der Waals surface area contributed by atoms with Crippen LogP contribution in [0.1, 0.15) is 25.3 Å². The molecule has 1 saturated carbocycles. The van der Waals surface area contributed by atoms with Gasteiger partial charge in [0, 0.05) is 6.54 Å². The summed E-state index contributed by atoms with van der Waals surface area (Å²) in [7, 11) is 1.64. The highest BCUT2D eigenvalue weighted by atomic mass is 16.5. The maximum Gasteiger partial charge on any atom is 0.240 e. The fraction of sp³-hybridized carbons (Fsp3) is 0.500. The van der Waals surface area contributed by atoms with E-state index in [0.29, 0.717) is 25.3 Å². The SMILES string of the molecule is COc1ccc(CCNC(=O)C2(C#N)CC(C)C2)cc1. The van der Waals surface area contributed by atoms with Crippen LogP contribution >= 0.6 is 0 Å². The average molecular weight is 272 g/mol. The van der Waals surface area contributed by atoms with E-state index >= 15 is 0 Å². The molecular weight excluding hydrogens is 252 g/mol. The van der Waals surface area contributed by atoms with Crippen molar-refractivity contribution in [3.8, 4) is 11.8 Å². The number of hydrogen-bond acceptors (Lipinski definition) is 3. The van der Waals surface area contributed by atoms with Gasteiger partial charge in [0.1, 0.15) is 11.2 Å². The third-order valence-corrected chi connectivity index (χ3v) is 3.90. The molecule has 1 N–H and O–H groups in total. The molecule has 0 bridgehead atoms. The number of amides is 1. The summed E-state index contributed by atoms with van der Waals surface area (Å²) < 4.78 is 5.10. The minimum atomic E-state index is -0.778. The number of nitrogens with zero attached hydrogens (tertiary/aromatic N) is 1. The van der Waals surface area contributed by atoms with Crippen LogP contribution in [0.2, 0.25) is 0 Å². The van der Waals surface area contributed by atoms with Gasteiger partial charge in [-0.1, -0.05) is 19.1 Å². The zero-order valence-corrected chi connectivity index (χ0v) is 12.0. The number of carbonyl (C=O) groups is 1. The van der Waals surface area contributed by atoms with Crippen LogP contribution in [0.5, 0.6) is 5.75 Å². The lowest BCUT2D eigenvalue weighted by Gasteiger charge is -2.39. The van der Waals surface area contributed by atoms with Crippen molar-refractivity contribution >= 4 is 5.91 Å². The van der Waals surface area contributed by atoms with E-state index in [-0.39, 0.29) is 5.91 Å². The van der Waals surface area contributed by atoms with Crippen molar-refractivity contribution in [2.45, 2.75) is 26.2 Å². The van der Waals surface area contributed by atoms with Crippen molar-refractivity contribution in [3.05, 3.63) is 29.8 Å². The van der Waals surface area contributed by atoms with Crippen LogP contribution in [0, 0.1) is 22.7 Å². The van der Waals surface area contributed by atoms with Gasteiger partial charge < -0.3 is 10.1 Å². The van der Waals surface area contributed by atoms with E-state index in [4.69, 9.17) is 4.74 Å². The van der Waals surface area contributed by atoms with Gasteiger partial charge >= 0.3 is 0 Å². The largest absolute Gasteiger partial charge is 0.497 e. The molecule has 1 aromatic carbocycles. The standard InChI is InChI=1S/C16H20N2O2/c1-12-9-16(10-12,11-17)15(19)18-8-7-13-3-5-14(20-2)6-4-13/h3-6,12H,7-10H2,1-2H3,(H,18,19). The van der Waals surface area contributed by atoms with Gasteiger partial charge in [0.25, 0.3) is 0 Å². The maximum atomic E-state index is 12.1. The molecule has 1 fully saturated rings. The van der Waals surface area contributed by atoms with Gasteiger partial charge in [-0.2, -0.15) is 5.26 Å². The summed E-state index contributed by atoms with van der Waals surface area (Å²) in [5.41, 5.74) is 0.360. The Kier molecular flexibility index (Phi) is 4.29. The van der Waals surface area contributed by atoms with Crippen molar-refractivity contribution in [2.24, 2.45) is 11.3 Å². The average Bonchev–Trinajstić information content (AvgIpc) is 2.44. The van der Waals surface area contributed by atoms with E-state index in [2.05, 4.69) is 18.3 Å². The van der Waals surface area contributed by atoms with Gasteiger partial charge in [0.15, 0.2) is 0 Å². The zero-order chi connectivity index (χ0) is 14.6. The van der Waals surface area contributed by atoms with Crippen molar-refractivity contribution in [1.29, 1.82) is 5.26 Å². The summed E-state index contributed by atoms with van der Waals surface area (Å²) in [6.45, 7) is 2.63. The molecule has 20 heavy (non-hydrogen) atoms. The van der Waals surface area contributed by atoms with E-state index in [1.807, 2.05) is 24.3 Å². The predicted molar refractivity (Wildman–Crippen MR) is 76.2 cm³/mol. The molecule has 0 unspecified atom stereocenters. The summed E-state index contributed by atoms with van der Waals surface area (Å²) in [4.78, 5) is 12.1. The molecule has 4 nitrogen and oxygen atoms in total. The summed E-state index contributed by atoms with van der Waals surface area (Å²) in [6.07, 6.45) is 2.11. The van der Waals surface area contributed by atoms with Crippen LogP contribution in [0.25, 0.3) is 0 Å². The van der Waals surface area contributed by atoms with E-state index < -0.39 is 5.41 Å². The molecule has 4 heteroatoms. The monoisotopic (exact) mass is 272 g/mol. The predicted octanol–water partition coefficient (Wildman–Crippen LogP) is 2.29. The van der Waals surface area contributed by atoms with Crippen LogP contribution in [0.3, 0.4) is 0 Å². The Labute approximate surface area is 119 Å². The molecule has 0 aromatic heterocycles. The molecule has 1 amide bonds. The van der Waals surface area contributed by atoms with Crippen molar-refractivity contribution in [3.63, 3.8) is 0 Å². The van der Waals surface area contributed by atoms with Gasteiger partial charge in [-0.15, -0.1) is 0 Å². The molecule has 0 aliphatic heterocycles. The Bertz CT molecular complexity index is 510. The number of carbonyl (C=O) groups excluding carboxylic acids is 1. The smallest absolute Gasteiger partial charge is 0.240 e. The van der Waals surface area contributed by atoms with E-state index in [1.165, 1.54) is 0 Å². The van der Waals surface area contributed by atoms with Crippen LogP contribution in [0.4, 0.5) is 0 Å². The Balaban J connectivity index is 1.81. The molecule has 0 atom stereocenters. The van der Waals surface area contributed by atoms with Crippen LogP contribution in [-0.4, -0.2) is 19.6 Å². The van der Waals surface area contributed by atoms with Crippen molar-refractivity contribution < 1.29 is 9.53 Å². The Morgan fingerprint density at radius 2 is 2.10 bits per heavy atom. The number of benzene rings is 1. The molecule has 0 radical (unpaired) electrons. The lowest BCUT2D eigenvalue weighted by molar-refractivity contribution is -0.133. The quantitative estimate of drug-likeness (QED) is 0.894. The van der Waals surface area contributed by atoms with Gasteiger partial charge in [-0.05, 0) is 42.9 Å². The van der Waals surface area contributed by atoms with Gasteiger partial charge in [0.05, 0.1) is 13.2 Å². The molecule has 1 aliphatic carbocycles. The third-order valence-electron chi connectivity index (χ3n) is 3.90. The highest BCUT2D eigenvalue weighted by Crippen LogP contribution is 2.44. The molecule has 106 valence electrons. The summed E-state index contributed by atoms with van der Waals surface area (Å²) in [5.74, 6) is 1.18. The lowest BCUT2D eigenvalue weighted by Crippen LogP contribution is -2.48. The molecule has 0 saturated heterocycles. The highest BCUT2D eigenvalue weighted by Gasteiger charge is 2.48. The molecule has 0 heterocycles. The van der Waals surface area contributed by atoms with Crippen LogP contribution in [0.15, 0.2) is 24.3 Å². The first kappa shape index (κ1) is 14.4. The summed E-state index contributed by atoms with van der Waals surface area (Å²) in [6, 6.07) is 9.95. The topological polar surface area (TPSA) is 62.1 Å². The minimum Gasteiger partial charge on any atom is -0.497 e. The number of methoxy groups -OCH3 is 1. The number of ether oxygens (including phenoxy) is 1. The first-order valence-corrected chi connectivity index (χ1v) is 6.92. The summed E-state index contributed by atoms with van der Waals surface area (Å²) >= 11 is 0. The van der Waals surface area contributed by atoms with Crippen molar-refractivity contribution in [2.75, 3.05) is 13.7 Å². The molecule has 1 aromatic rings. The lowest BCUT2D eigenvalue weighted by atomic mass is 9.63. The Hall–Kier alpha value is -2.02. The highest BCUT2D eigenvalue weighted by molar-refractivity contribution is 5.86. The first-order valence-electron chi connectivity index (χ1n) is 6.92. The van der Waals surface area contributed by atoms with Crippen LogP contribution in [-0.2, 0) is 11.2 Å². The first-order chi connectivity index (χ1) is 9.59. The normalized spacial score (nSPS) is 24.4. The van der Waals surface area contributed by atoms with E-state index in [9.17, 15) is 10.1 Å². The van der Waals surface area contributed by atoms with Crippen molar-refractivity contribution in [1.82, 2.24) is 5.32 Å². The Morgan fingerprint density at radius 3 is 2.60 bits per heavy atom. The molecule has 2 rings (SSSR count). The number of nitrogens with one attached hydrogen (secondary N) is 1. The zero-order valence-electron chi connectivity index (χ0n) is 12.0. The second-order valence-corrected chi connectivity index (χ2v) is 5.56. The molecule has 1 aliphatic rings. The van der Waals surface area contributed by atoms with Gasteiger partial charge in [0.2, 0.25) is 5.91 Å². The van der Waals surface area contributed by atoms with Gasteiger partial charge in [-0.3, -0.25) is 4.79 Å². The second-order valence-electron chi connectivity index (χ2n) is 5.56. The van der Waals surface area contributed by atoms with Crippen LogP contribution < -0.4 is 10.1 Å². The van der Waals surface area contributed by atoms with E-state index in [1.54, 1.807) is 7.11 Å². The Morgan fingerprint density at radius 1 is 1.45 bits per heavy atom. The molecule has 0 spiro atoms. The second kappa shape index (κ2) is 5.96. The molecular formula is C16H20N2O2. The fourth-order valence-corrected chi connectivity index (χ4v) is 2.74. The number of nitriles is 1. The third kappa shape index (κ3) is 2.93. The van der Waals surface area contributed by atoms with E-state index in [0.717, 1.165) is 17.7 Å². The number of hydrogen-bond donors (Lipinski definition) is 1. The minimum absolute atomic E-state index is 0.119.